The van der Waals surface area contributed by atoms with Gasteiger partial charge in [0.1, 0.15) is 19.3 Å². The van der Waals surface area contributed by atoms with Gasteiger partial charge in [-0.3, -0.25) is 4.79 Å². The third kappa shape index (κ3) is 3.71. The number of fused-ring (bicyclic) bond motifs is 1. The van der Waals surface area contributed by atoms with Gasteiger partial charge in [-0.05, 0) is 43.9 Å². The average Bonchev–Trinajstić information content (AvgIpc) is 2.70. The fraction of sp³-hybridized carbons (Fsp3) is 0.421. The maximum Gasteiger partial charge on any atom is 0.316 e. The lowest BCUT2D eigenvalue weighted by Crippen LogP contribution is -2.40. The lowest BCUT2D eigenvalue weighted by atomic mass is 9.92. The summed E-state index contributed by atoms with van der Waals surface area (Å²) in [5, 5.41) is 3.11. The topological polar surface area (TPSA) is 82.6 Å². The van der Waals surface area contributed by atoms with Crippen LogP contribution in [0, 0.1) is 0 Å². The van der Waals surface area contributed by atoms with Gasteiger partial charge in [-0.1, -0.05) is 6.07 Å². The fourth-order valence-electron chi connectivity index (χ4n) is 3.34. The molecule has 26 heavy (non-hydrogen) atoms. The van der Waals surface area contributed by atoms with E-state index in [9.17, 15) is 4.79 Å². The summed E-state index contributed by atoms with van der Waals surface area (Å²) in [6, 6.07) is 7.69. The van der Waals surface area contributed by atoms with Crippen molar-refractivity contribution in [3.63, 3.8) is 0 Å². The van der Waals surface area contributed by atoms with Crippen LogP contribution in [0.4, 0.5) is 0 Å². The molecule has 1 N–H and O–H groups in total. The number of para-hydroxylation sites is 1. The van der Waals surface area contributed by atoms with Crippen LogP contribution < -0.4 is 19.5 Å². The highest BCUT2D eigenvalue weighted by molar-refractivity contribution is 5.98. The Kier molecular flexibility index (Phi) is 4.86. The lowest BCUT2D eigenvalue weighted by molar-refractivity contribution is 0.0875. The molecular formula is C19H21N3O4. The first-order valence-corrected chi connectivity index (χ1v) is 8.93. The molecule has 0 spiro atoms. The molecule has 2 aliphatic rings. The van der Waals surface area contributed by atoms with E-state index in [1.807, 2.05) is 12.1 Å². The molecule has 2 heterocycles. The molecule has 1 fully saturated rings. The summed E-state index contributed by atoms with van der Waals surface area (Å²) in [6.45, 7) is 0.967. The van der Waals surface area contributed by atoms with Crippen LogP contribution in [0.25, 0.3) is 0 Å². The summed E-state index contributed by atoms with van der Waals surface area (Å²) in [4.78, 5) is 20.8. The van der Waals surface area contributed by atoms with Crippen LogP contribution in [0.2, 0.25) is 0 Å². The molecular weight excluding hydrogens is 334 g/mol. The van der Waals surface area contributed by atoms with Gasteiger partial charge in [0.2, 0.25) is 0 Å². The van der Waals surface area contributed by atoms with Gasteiger partial charge in [-0.2, -0.15) is 0 Å². The van der Waals surface area contributed by atoms with E-state index in [0.29, 0.717) is 36.3 Å². The van der Waals surface area contributed by atoms with E-state index in [1.165, 1.54) is 0 Å². The van der Waals surface area contributed by atoms with Crippen LogP contribution in [-0.2, 0) is 0 Å². The second-order valence-electron chi connectivity index (χ2n) is 6.43. The van der Waals surface area contributed by atoms with E-state index in [0.717, 1.165) is 25.7 Å². The second kappa shape index (κ2) is 7.59. The first-order valence-electron chi connectivity index (χ1n) is 8.93. The molecule has 1 aromatic heterocycles. The van der Waals surface area contributed by atoms with Crippen molar-refractivity contribution in [1.29, 1.82) is 0 Å². The summed E-state index contributed by atoms with van der Waals surface area (Å²) in [6.07, 6.45) is 6.85. The molecule has 1 saturated carbocycles. The van der Waals surface area contributed by atoms with Crippen molar-refractivity contribution in [1.82, 2.24) is 15.3 Å². The highest BCUT2D eigenvalue weighted by Crippen LogP contribution is 2.33. The molecule has 136 valence electrons. The molecule has 4 rings (SSSR count). The largest absolute Gasteiger partial charge is 0.486 e. The normalized spacial score (nSPS) is 21.7. The minimum atomic E-state index is -0.122. The molecule has 0 bridgehead atoms. The van der Waals surface area contributed by atoms with Crippen LogP contribution in [0.3, 0.4) is 0 Å². The molecule has 7 heteroatoms. The van der Waals surface area contributed by atoms with Gasteiger partial charge < -0.3 is 19.5 Å². The second-order valence-corrected chi connectivity index (χ2v) is 6.43. The minimum absolute atomic E-state index is 0.0896. The lowest BCUT2D eigenvalue weighted by Gasteiger charge is -2.29. The molecule has 0 atom stereocenters. The van der Waals surface area contributed by atoms with Crippen LogP contribution in [0.1, 0.15) is 36.0 Å². The Labute approximate surface area is 151 Å². The molecule has 1 aromatic carbocycles. The summed E-state index contributed by atoms with van der Waals surface area (Å²) < 4.78 is 17.0. The highest BCUT2D eigenvalue weighted by Gasteiger charge is 2.26. The maximum absolute atomic E-state index is 12.7. The van der Waals surface area contributed by atoms with Crippen molar-refractivity contribution >= 4 is 5.91 Å². The number of nitrogens with zero attached hydrogens (tertiary/aromatic N) is 2. The molecule has 0 unspecified atom stereocenters. The van der Waals surface area contributed by atoms with Gasteiger partial charge in [0, 0.05) is 18.4 Å². The van der Waals surface area contributed by atoms with E-state index in [2.05, 4.69) is 15.3 Å². The summed E-state index contributed by atoms with van der Waals surface area (Å²) in [7, 11) is 0. The third-order valence-corrected chi connectivity index (χ3v) is 4.63. The fourth-order valence-corrected chi connectivity index (χ4v) is 3.34. The first-order chi connectivity index (χ1) is 12.8. The molecule has 0 saturated heterocycles. The predicted molar refractivity (Wildman–Crippen MR) is 93.6 cm³/mol. The number of ether oxygens (including phenoxy) is 3. The summed E-state index contributed by atoms with van der Waals surface area (Å²) >= 11 is 0. The van der Waals surface area contributed by atoms with Gasteiger partial charge in [-0.25, -0.2) is 9.97 Å². The van der Waals surface area contributed by atoms with Crippen molar-refractivity contribution < 1.29 is 19.0 Å². The Morgan fingerprint density at radius 2 is 1.81 bits per heavy atom. The summed E-state index contributed by atoms with van der Waals surface area (Å²) in [5.74, 6) is 1.04. The zero-order valence-electron chi connectivity index (χ0n) is 14.4. The van der Waals surface area contributed by atoms with Crippen LogP contribution in [-0.4, -0.2) is 41.2 Å². The van der Waals surface area contributed by atoms with E-state index >= 15 is 0 Å². The molecule has 2 aromatic rings. The van der Waals surface area contributed by atoms with Crippen LogP contribution >= 0.6 is 0 Å². The molecule has 0 radical (unpaired) electrons. The number of carbonyl (C=O) groups excluding carboxylic acids is 1. The van der Waals surface area contributed by atoms with E-state index in [1.54, 1.807) is 24.5 Å². The SMILES string of the molecule is O=C(NC1CCC(Oc2ncccn2)CC1)c1cccc2c1OCCO2. The summed E-state index contributed by atoms with van der Waals surface area (Å²) in [5.41, 5.74) is 0.526. The maximum atomic E-state index is 12.7. The zero-order valence-corrected chi connectivity index (χ0v) is 14.4. The van der Waals surface area contributed by atoms with Crippen molar-refractivity contribution in [3.05, 3.63) is 42.2 Å². The van der Waals surface area contributed by atoms with Gasteiger partial charge in [0.25, 0.3) is 5.91 Å². The van der Waals surface area contributed by atoms with Gasteiger partial charge in [-0.15, -0.1) is 0 Å². The van der Waals surface area contributed by atoms with Crippen molar-refractivity contribution in [3.8, 4) is 17.5 Å². The van der Waals surface area contributed by atoms with Crippen molar-refractivity contribution in [2.45, 2.75) is 37.8 Å². The highest BCUT2D eigenvalue weighted by atomic mass is 16.6. The number of rotatable bonds is 4. The Hall–Kier alpha value is -2.83. The van der Waals surface area contributed by atoms with E-state index < -0.39 is 0 Å². The Bertz CT molecular complexity index is 761. The predicted octanol–water partition coefficient (Wildman–Crippen LogP) is 2.37. The number of hydrogen-bond acceptors (Lipinski definition) is 6. The van der Waals surface area contributed by atoms with Gasteiger partial charge in [0.05, 0.1) is 5.56 Å². The standard InChI is InChI=1S/C19H21N3O4/c23-18(15-3-1-4-16-17(15)25-12-11-24-16)22-13-5-7-14(8-6-13)26-19-20-9-2-10-21-19/h1-4,9-10,13-14H,5-8,11-12H2,(H,22,23). The molecule has 1 amide bonds. The molecule has 1 aliphatic heterocycles. The molecule has 7 nitrogen and oxygen atoms in total. The zero-order chi connectivity index (χ0) is 17.8. The van der Waals surface area contributed by atoms with Gasteiger partial charge >= 0.3 is 6.01 Å². The smallest absolute Gasteiger partial charge is 0.316 e. The third-order valence-electron chi connectivity index (χ3n) is 4.63. The first kappa shape index (κ1) is 16.6. The Balaban J connectivity index is 1.33. The van der Waals surface area contributed by atoms with E-state index in [4.69, 9.17) is 14.2 Å². The minimum Gasteiger partial charge on any atom is -0.486 e. The quantitative estimate of drug-likeness (QED) is 0.907. The number of nitrogens with one attached hydrogen (secondary N) is 1. The Morgan fingerprint density at radius 1 is 1.04 bits per heavy atom. The van der Waals surface area contributed by atoms with E-state index in [-0.39, 0.29) is 18.1 Å². The van der Waals surface area contributed by atoms with Crippen LogP contribution in [0.15, 0.2) is 36.7 Å². The number of carbonyl (C=O) groups is 1. The number of hydrogen-bond donors (Lipinski definition) is 1. The van der Waals surface area contributed by atoms with Crippen LogP contribution in [0.5, 0.6) is 17.5 Å². The number of amides is 1. The molecule has 1 aliphatic carbocycles. The monoisotopic (exact) mass is 355 g/mol. The Morgan fingerprint density at radius 3 is 2.62 bits per heavy atom. The average molecular weight is 355 g/mol. The van der Waals surface area contributed by atoms with Crippen molar-refractivity contribution in [2.75, 3.05) is 13.2 Å². The van der Waals surface area contributed by atoms with Gasteiger partial charge in [0.15, 0.2) is 11.5 Å². The number of aromatic nitrogens is 2. The van der Waals surface area contributed by atoms with Crippen molar-refractivity contribution in [2.24, 2.45) is 0 Å². The number of benzene rings is 1.